The molecule has 90 valence electrons. The van der Waals surface area contributed by atoms with E-state index in [4.69, 9.17) is 15.4 Å². The number of ether oxygens (including phenoxy) is 1. The normalized spacial score (nSPS) is 29.3. The van der Waals surface area contributed by atoms with Crippen molar-refractivity contribution in [2.24, 2.45) is 0 Å². The standard InChI is InChI=1S/C9H18ClNO3S/c1-8-6-11(7-9(2)14-8)4-3-5-15(10,12)13/h8-9H,3-7H2,1-2H3. The summed E-state index contributed by atoms with van der Waals surface area (Å²) in [5, 5.41) is 0. The Bertz CT molecular complexity index is 284. The first-order valence-corrected chi connectivity index (χ1v) is 7.65. The zero-order chi connectivity index (χ0) is 11.5. The van der Waals surface area contributed by atoms with Crippen LogP contribution in [-0.4, -0.2) is 50.9 Å². The van der Waals surface area contributed by atoms with E-state index in [2.05, 4.69) is 4.90 Å². The van der Waals surface area contributed by atoms with Gasteiger partial charge in [0, 0.05) is 23.8 Å². The van der Waals surface area contributed by atoms with Crippen molar-refractivity contribution in [1.82, 2.24) is 4.90 Å². The zero-order valence-electron chi connectivity index (χ0n) is 9.15. The lowest BCUT2D eigenvalue weighted by Crippen LogP contribution is -2.45. The molecule has 0 N–H and O–H groups in total. The van der Waals surface area contributed by atoms with E-state index in [0.29, 0.717) is 6.42 Å². The third kappa shape index (κ3) is 5.70. The van der Waals surface area contributed by atoms with E-state index in [9.17, 15) is 8.42 Å². The van der Waals surface area contributed by atoms with Gasteiger partial charge in [0.2, 0.25) is 9.05 Å². The second kappa shape index (κ2) is 5.48. The van der Waals surface area contributed by atoms with E-state index in [1.807, 2.05) is 13.8 Å². The summed E-state index contributed by atoms with van der Waals surface area (Å²) in [7, 11) is 1.80. The first kappa shape index (κ1) is 13.2. The van der Waals surface area contributed by atoms with E-state index in [-0.39, 0.29) is 18.0 Å². The van der Waals surface area contributed by atoms with Crippen molar-refractivity contribution in [1.29, 1.82) is 0 Å². The Morgan fingerprint density at radius 2 is 1.87 bits per heavy atom. The summed E-state index contributed by atoms with van der Waals surface area (Å²) in [5.74, 6) is 0.0503. The van der Waals surface area contributed by atoms with Crippen molar-refractivity contribution in [3.63, 3.8) is 0 Å². The molecule has 1 aliphatic heterocycles. The molecule has 15 heavy (non-hydrogen) atoms. The van der Waals surface area contributed by atoms with Crippen LogP contribution in [0.4, 0.5) is 0 Å². The Kier molecular flexibility index (Phi) is 4.83. The highest BCUT2D eigenvalue weighted by Gasteiger charge is 2.21. The first-order chi connectivity index (χ1) is 6.87. The van der Waals surface area contributed by atoms with Crippen LogP contribution in [0.15, 0.2) is 0 Å². The minimum atomic E-state index is -3.34. The number of halogens is 1. The number of nitrogens with zero attached hydrogens (tertiary/aromatic N) is 1. The predicted octanol–water partition coefficient (Wildman–Crippen LogP) is 1.05. The molecule has 0 aliphatic carbocycles. The fourth-order valence-corrected chi connectivity index (χ4v) is 2.73. The minimum absolute atomic E-state index is 0.0503. The Balaban J connectivity index is 2.26. The molecule has 2 unspecified atom stereocenters. The number of hydrogen-bond donors (Lipinski definition) is 0. The summed E-state index contributed by atoms with van der Waals surface area (Å²) in [6.45, 7) is 6.56. The van der Waals surface area contributed by atoms with Crippen molar-refractivity contribution < 1.29 is 13.2 Å². The summed E-state index contributed by atoms with van der Waals surface area (Å²) in [4.78, 5) is 2.22. The van der Waals surface area contributed by atoms with Crippen LogP contribution in [0.1, 0.15) is 20.3 Å². The second-order valence-electron chi connectivity index (χ2n) is 4.11. The maximum atomic E-state index is 10.7. The van der Waals surface area contributed by atoms with Crippen molar-refractivity contribution in [3.05, 3.63) is 0 Å². The lowest BCUT2D eigenvalue weighted by atomic mass is 10.2. The van der Waals surface area contributed by atoms with Gasteiger partial charge < -0.3 is 4.74 Å². The van der Waals surface area contributed by atoms with Gasteiger partial charge in [0.05, 0.1) is 18.0 Å². The maximum Gasteiger partial charge on any atom is 0.232 e. The van der Waals surface area contributed by atoms with Gasteiger partial charge in [0.1, 0.15) is 0 Å². The molecule has 0 saturated carbocycles. The smallest absolute Gasteiger partial charge is 0.232 e. The quantitative estimate of drug-likeness (QED) is 0.705. The van der Waals surface area contributed by atoms with Gasteiger partial charge in [-0.2, -0.15) is 0 Å². The molecule has 0 radical (unpaired) electrons. The average Bonchev–Trinajstić information content (AvgIpc) is 1.99. The maximum absolute atomic E-state index is 10.7. The van der Waals surface area contributed by atoms with E-state index < -0.39 is 9.05 Å². The molecule has 1 heterocycles. The Morgan fingerprint density at radius 1 is 1.33 bits per heavy atom. The summed E-state index contributed by atoms with van der Waals surface area (Å²) in [5.41, 5.74) is 0. The molecule has 0 bridgehead atoms. The fourth-order valence-electron chi connectivity index (χ4n) is 1.93. The van der Waals surface area contributed by atoms with Crippen molar-refractivity contribution in [3.8, 4) is 0 Å². The third-order valence-electron chi connectivity index (χ3n) is 2.36. The molecule has 2 atom stereocenters. The van der Waals surface area contributed by atoms with Gasteiger partial charge in [-0.25, -0.2) is 8.42 Å². The van der Waals surface area contributed by atoms with E-state index in [1.54, 1.807) is 0 Å². The van der Waals surface area contributed by atoms with Crippen molar-refractivity contribution in [2.75, 3.05) is 25.4 Å². The SMILES string of the molecule is CC1CN(CCCS(=O)(=O)Cl)CC(C)O1. The molecule has 4 nitrogen and oxygen atoms in total. The molecule has 1 rings (SSSR count). The zero-order valence-corrected chi connectivity index (χ0v) is 10.7. The Hall–Kier alpha value is 0.160. The van der Waals surface area contributed by atoms with Gasteiger partial charge in [-0.15, -0.1) is 0 Å². The Morgan fingerprint density at radius 3 is 2.33 bits per heavy atom. The van der Waals surface area contributed by atoms with Gasteiger partial charge in [0.15, 0.2) is 0 Å². The molecule has 0 aromatic carbocycles. The van der Waals surface area contributed by atoms with E-state index in [1.165, 1.54) is 0 Å². The molecule has 0 aromatic rings. The van der Waals surface area contributed by atoms with E-state index in [0.717, 1.165) is 19.6 Å². The second-order valence-corrected chi connectivity index (χ2v) is 7.01. The number of hydrogen-bond acceptors (Lipinski definition) is 4. The lowest BCUT2D eigenvalue weighted by Gasteiger charge is -2.35. The van der Waals surface area contributed by atoms with Crippen LogP contribution in [0.3, 0.4) is 0 Å². The van der Waals surface area contributed by atoms with Crippen LogP contribution in [0.25, 0.3) is 0 Å². The van der Waals surface area contributed by atoms with Crippen molar-refractivity contribution in [2.45, 2.75) is 32.5 Å². The first-order valence-electron chi connectivity index (χ1n) is 5.17. The number of rotatable bonds is 4. The average molecular weight is 256 g/mol. The van der Waals surface area contributed by atoms with Crippen LogP contribution in [0.2, 0.25) is 0 Å². The van der Waals surface area contributed by atoms with Gasteiger partial charge in [0.25, 0.3) is 0 Å². The van der Waals surface area contributed by atoms with Crippen LogP contribution < -0.4 is 0 Å². The highest BCUT2D eigenvalue weighted by atomic mass is 35.7. The van der Waals surface area contributed by atoms with Crippen LogP contribution in [-0.2, 0) is 13.8 Å². The molecule has 1 aliphatic rings. The molecule has 0 spiro atoms. The van der Waals surface area contributed by atoms with Crippen LogP contribution in [0.5, 0.6) is 0 Å². The minimum Gasteiger partial charge on any atom is -0.373 e. The molecule has 1 fully saturated rings. The highest BCUT2D eigenvalue weighted by Crippen LogP contribution is 2.11. The molecule has 1 saturated heterocycles. The fraction of sp³-hybridized carbons (Fsp3) is 1.00. The highest BCUT2D eigenvalue weighted by molar-refractivity contribution is 8.13. The monoisotopic (exact) mass is 255 g/mol. The van der Waals surface area contributed by atoms with Gasteiger partial charge >= 0.3 is 0 Å². The largest absolute Gasteiger partial charge is 0.373 e. The third-order valence-corrected chi connectivity index (χ3v) is 3.60. The van der Waals surface area contributed by atoms with Gasteiger partial charge in [-0.1, -0.05) is 0 Å². The van der Waals surface area contributed by atoms with Crippen molar-refractivity contribution >= 4 is 19.7 Å². The molecule has 0 aromatic heterocycles. The Labute approximate surface area is 96.0 Å². The van der Waals surface area contributed by atoms with Crippen LogP contribution in [0, 0.1) is 0 Å². The van der Waals surface area contributed by atoms with Crippen LogP contribution >= 0.6 is 10.7 Å². The molecular weight excluding hydrogens is 238 g/mol. The topological polar surface area (TPSA) is 46.6 Å². The summed E-state index contributed by atoms with van der Waals surface area (Å²) in [6.07, 6.45) is 1.04. The molecule has 0 amide bonds. The predicted molar refractivity (Wildman–Crippen MR) is 60.7 cm³/mol. The summed E-state index contributed by atoms with van der Waals surface area (Å²) in [6, 6.07) is 0. The van der Waals surface area contributed by atoms with Gasteiger partial charge in [-0.3, -0.25) is 4.90 Å². The summed E-state index contributed by atoms with van der Waals surface area (Å²) < 4.78 is 27.0. The molecular formula is C9H18ClNO3S. The number of morpholine rings is 1. The van der Waals surface area contributed by atoms with Gasteiger partial charge in [-0.05, 0) is 26.8 Å². The lowest BCUT2D eigenvalue weighted by molar-refractivity contribution is -0.0677. The van der Waals surface area contributed by atoms with E-state index >= 15 is 0 Å². The molecule has 6 heteroatoms. The summed E-state index contributed by atoms with van der Waals surface area (Å²) >= 11 is 0.